The minimum absolute atomic E-state index is 0.700. The van der Waals surface area contributed by atoms with Gasteiger partial charge in [-0.2, -0.15) is 0 Å². The Labute approximate surface area is 152 Å². The first-order valence-corrected chi connectivity index (χ1v) is 7.98. The quantitative estimate of drug-likeness (QED) is 0.651. The van der Waals surface area contributed by atoms with Crippen LogP contribution in [0.15, 0.2) is 48.5 Å². The summed E-state index contributed by atoms with van der Waals surface area (Å²) >= 11 is 0. The lowest BCUT2D eigenvalue weighted by atomic mass is 10.2. The van der Waals surface area contributed by atoms with Crippen molar-refractivity contribution < 1.29 is 29.3 Å². The Hall–Kier alpha value is -3.06. The first-order valence-electron chi connectivity index (χ1n) is 7.98. The third-order valence-corrected chi connectivity index (χ3v) is 3.25. The van der Waals surface area contributed by atoms with E-state index >= 15 is 0 Å². The minimum Gasteiger partial charge on any atom is -0.496 e. The van der Waals surface area contributed by atoms with Gasteiger partial charge in [0.15, 0.2) is 0 Å². The molecule has 0 unspecified atom stereocenters. The zero-order valence-electron chi connectivity index (χ0n) is 14.8. The standard InChI is InChI=1S/C17H21NO2.C2H2O4/c1-3-20-16-10-8-14(9-11-16)12-18-13-15-6-4-5-7-17(15)19-2;3-1(4)2(5)6/h4-11,18H,3,12-13H2,1-2H3;(H,3,4)(H,5,6). The summed E-state index contributed by atoms with van der Waals surface area (Å²) in [6.45, 7) is 4.30. The number of hydrogen-bond donors (Lipinski definition) is 3. The van der Waals surface area contributed by atoms with Crippen LogP contribution in [0.25, 0.3) is 0 Å². The molecule has 0 aliphatic carbocycles. The van der Waals surface area contributed by atoms with Gasteiger partial charge in [0.1, 0.15) is 11.5 Å². The highest BCUT2D eigenvalue weighted by Crippen LogP contribution is 2.17. The van der Waals surface area contributed by atoms with E-state index in [1.807, 2.05) is 37.3 Å². The molecule has 0 aromatic heterocycles. The molecular weight excluding hydrogens is 338 g/mol. The molecule has 3 N–H and O–H groups in total. The summed E-state index contributed by atoms with van der Waals surface area (Å²) in [6.07, 6.45) is 0. The van der Waals surface area contributed by atoms with E-state index in [0.717, 1.165) is 24.6 Å². The summed E-state index contributed by atoms with van der Waals surface area (Å²) in [5.74, 6) is -1.81. The second-order valence-corrected chi connectivity index (χ2v) is 5.10. The van der Waals surface area contributed by atoms with Crippen LogP contribution in [0.5, 0.6) is 11.5 Å². The molecule has 26 heavy (non-hydrogen) atoms. The molecule has 0 aliphatic heterocycles. The topological polar surface area (TPSA) is 105 Å². The number of carboxylic acid groups (broad SMARTS) is 2. The molecule has 0 spiro atoms. The third kappa shape index (κ3) is 7.67. The zero-order chi connectivity index (χ0) is 19.4. The van der Waals surface area contributed by atoms with Crippen molar-refractivity contribution in [1.29, 1.82) is 0 Å². The SMILES string of the molecule is CCOc1ccc(CNCc2ccccc2OC)cc1.O=C(O)C(=O)O. The summed E-state index contributed by atoms with van der Waals surface area (Å²) in [5, 5.41) is 18.2. The normalized spacial score (nSPS) is 9.62. The van der Waals surface area contributed by atoms with Crippen molar-refractivity contribution in [2.24, 2.45) is 0 Å². The predicted molar refractivity (Wildman–Crippen MR) is 96.4 cm³/mol. The van der Waals surface area contributed by atoms with Crippen molar-refractivity contribution in [2.75, 3.05) is 13.7 Å². The van der Waals surface area contributed by atoms with Gasteiger partial charge in [-0.25, -0.2) is 9.59 Å². The van der Waals surface area contributed by atoms with Gasteiger partial charge in [0.05, 0.1) is 13.7 Å². The number of carboxylic acids is 2. The number of carbonyl (C=O) groups is 2. The van der Waals surface area contributed by atoms with Crippen LogP contribution in [0.2, 0.25) is 0 Å². The predicted octanol–water partition coefficient (Wildman–Crippen LogP) is 2.54. The largest absolute Gasteiger partial charge is 0.496 e. The van der Waals surface area contributed by atoms with Gasteiger partial charge >= 0.3 is 11.9 Å². The van der Waals surface area contributed by atoms with Crippen LogP contribution in [-0.2, 0) is 22.7 Å². The van der Waals surface area contributed by atoms with Crippen molar-refractivity contribution in [1.82, 2.24) is 5.32 Å². The fraction of sp³-hybridized carbons (Fsp3) is 0.263. The molecule has 2 rings (SSSR count). The lowest BCUT2D eigenvalue weighted by Gasteiger charge is -2.10. The third-order valence-electron chi connectivity index (χ3n) is 3.25. The van der Waals surface area contributed by atoms with E-state index in [1.165, 1.54) is 11.1 Å². The number of nitrogens with one attached hydrogen (secondary N) is 1. The summed E-state index contributed by atoms with van der Waals surface area (Å²) in [5.41, 5.74) is 2.41. The van der Waals surface area contributed by atoms with Gasteiger partial charge in [-0.05, 0) is 30.7 Å². The van der Waals surface area contributed by atoms with E-state index in [1.54, 1.807) is 7.11 Å². The number of methoxy groups -OCH3 is 1. The van der Waals surface area contributed by atoms with E-state index in [-0.39, 0.29) is 0 Å². The zero-order valence-corrected chi connectivity index (χ0v) is 14.8. The number of rotatable bonds is 7. The minimum atomic E-state index is -1.82. The molecule has 0 radical (unpaired) electrons. The van der Waals surface area contributed by atoms with E-state index in [9.17, 15) is 0 Å². The van der Waals surface area contributed by atoms with Crippen LogP contribution in [0.1, 0.15) is 18.1 Å². The fourth-order valence-electron chi connectivity index (χ4n) is 2.06. The number of ether oxygens (including phenoxy) is 2. The van der Waals surface area contributed by atoms with Gasteiger partial charge < -0.3 is 25.0 Å². The number of hydrogen-bond acceptors (Lipinski definition) is 5. The van der Waals surface area contributed by atoms with Crippen molar-refractivity contribution in [3.8, 4) is 11.5 Å². The summed E-state index contributed by atoms with van der Waals surface area (Å²) in [4.78, 5) is 18.2. The second kappa shape index (κ2) is 11.5. The number of benzene rings is 2. The summed E-state index contributed by atoms with van der Waals surface area (Å²) in [6, 6.07) is 16.2. The molecule has 2 aromatic rings. The molecule has 0 aliphatic rings. The molecule has 2 aromatic carbocycles. The molecule has 0 saturated carbocycles. The first kappa shape index (κ1) is 21.0. The van der Waals surface area contributed by atoms with Crippen LogP contribution in [0, 0.1) is 0 Å². The monoisotopic (exact) mass is 361 g/mol. The van der Waals surface area contributed by atoms with Crippen molar-refractivity contribution in [3.05, 3.63) is 59.7 Å². The van der Waals surface area contributed by atoms with Gasteiger partial charge in [-0.3, -0.25) is 0 Å². The molecule has 0 atom stereocenters. The Morgan fingerprint density at radius 1 is 0.962 bits per heavy atom. The average molecular weight is 361 g/mol. The lowest BCUT2D eigenvalue weighted by Crippen LogP contribution is -2.13. The fourth-order valence-corrected chi connectivity index (χ4v) is 2.06. The highest BCUT2D eigenvalue weighted by atomic mass is 16.5. The number of aliphatic carboxylic acids is 2. The second-order valence-electron chi connectivity index (χ2n) is 5.10. The van der Waals surface area contributed by atoms with Gasteiger partial charge in [0, 0.05) is 18.7 Å². The molecule has 0 heterocycles. The Kier molecular flexibility index (Phi) is 9.27. The van der Waals surface area contributed by atoms with E-state index in [0.29, 0.717) is 6.61 Å². The van der Waals surface area contributed by atoms with E-state index < -0.39 is 11.9 Å². The molecule has 0 fully saturated rings. The van der Waals surface area contributed by atoms with Crippen molar-refractivity contribution >= 4 is 11.9 Å². The Morgan fingerprint density at radius 2 is 1.58 bits per heavy atom. The van der Waals surface area contributed by atoms with E-state index in [2.05, 4.69) is 23.5 Å². The van der Waals surface area contributed by atoms with Gasteiger partial charge in [-0.15, -0.1) is 0 Å². The molecule has 140 valence electrons. The Balaban J connectivity index is 0.000000487. The lowest BCUT2D eigenvalue weighted by molar-refractivity contribution is -0.159. The van der Waals surface area contributed by atoms with Gasteiger partial charge in [0.2, 0.25) is 0 Å². The van der Waals surface area contributed by atoms with Crippen LogP contribution in [-0.4, -0.2) is 35.9 Å². The van der Waals surface area contributed by atoms with Crippen LogP contribution >= 0.6 is 0 Å². The highest BCUT2D eigenvalue weighted by Gasteiger charge is 2.04. The first-order chi connectivity index (χ1) is 12.5. The molecule has 0 amide bonds. The maximum atomic E-state index is 9.10. The average Bonchev–Trinajstić information content (AvgIpc) is 2.64. The Morgan fingerprint density at radius 3 is 2.12 bits per heavy atom. The molecule has 0 saturated heterocycles. The molecule has 7 heteroatoms. The van der Waals surface area contributed by atoms with Crippen molar-refractivity contribution in [2.45, 2.75) is 20.0 Å². The van der Waals surface area contributed by atoms with Crippen LogP contribution in [0.3, 0.4) is 0 Å². The number of para-hydroxylation sites is 1. The van der Waals surface area contributed by atoms with Crippen LogP contribution < -0.4 is 14.8 Å². The molecule has 0 bridgehead atoms. The Bertz CT molecular complexity index is 687. The van der Waals surface area contributed by atoms with E-state index in [4.69, 9.17) is 29.3 Å². The molecule has 7 nitrogen and oxygen atoms in total. The summed E-state index contributed by atoms with van der Waals surface area (Å²) < 4.78 is 10.8. The molecular formula is C19H23NO6. The smallest absolute Gasteiger partial charge is 0.414 e. The van der Waals surface area contributed by atoms with Gasteiger partial charge in [0.25, 0.3) is 0 Å². The van der Waals surface area contributed by atoms with Crippen molar-refractivity contribution in [3.63, 3.8) is 0 Å². The maximum Gasteiger partial charge on any atom is 0.414 e. The van der Waals surface area contributed by atoms with Gasteiger partial charge in [-0.1, -0.05) is 30.3 Å². The summed E-state index contributed by atoms with van der Waals surface area (Å²) in [7, 11) is 1.70. The maximum absolute atomic E-state index is 9.10. The highest BCUT2D eigenvalue weighted by molar-refractivity contribution is 6.27. The van der Waals surface area contributed by atoms with Crippen LogP contribution in [0.4, 0.5) is 0 Å².